The van der Waals surface area contributed by atoms with Crippen molar-refractivity contribution in [2.75, 3.05) is 11.5 Å². The number of rotatable bonds is 18. The van der Waals surface area contributed by atoms with Crippen LogP contribution >= 0.6 is 0 Å². The molecule has 0 saturated carbocycles. The maximum absolute atomic E-state index is 13.7. The van der Waals surface area contributed by atoms with Gasteiger partial charge in [0.05, 0.1) is 13.2 Å². The Morgan fingerprint density at radius 2 is 1.48 bits per heavy atom. The van der Waals surface area contributed by atoms with Crippen LogP contribution in [0.1, 0.15) is 106 Å². The lowest BCUT2D eigenvalue weighted by Gasteiger charge is -2.24. The Balaban J connectivity index is 0.00000560. The molecular formula is C35H49IN2O2. The smallest absolute Gasteiger partial charge is 0.264 e. The zero-order chi connectivity index (χ0) is 27.7. The summed E-state index contributed by atoms with van der Waals surface area (Å²) in [5, 5.41) is 0. The minimum Gasteiger partial charge on any atom is -1.00 e. The average molecular weight is 657 g/mol. The number of benzene rings is 2. The van der Waals surface area contributed by atoms with Crippen molar-refractivity contribution in [1.29, 1.82) is 0 Å². The fraction of sp³-hybridized carbons (Fsp3) is 0.486. The van der Waals surface area contributed by atoms with E-state index in [0.29, 0.717) is 12.1 Å². The van der Waals surface area contributed by atoms with Crippen LogP contribution in [0.15, 0.2) is 73.1 Å². The first-order valence-electron chi connectivity index (χ1n) is 15.2. The highest BCUT2D eigenvalue weighted by Crippen LogP contribution is 2.24. The predicted molar refractivity (Wildman–Crippen MR) is 162 cm³/mol. The molecule has 0 unspecified atom stereocenters. The fourth-order valence-electron chi connectivity index (χ4n) is 4.98. The maximum atomic E-state index is 13.7. The molecule has 0 aliphatic carbocycles. The van der Waals surface area contributed by atoms with Crippen LogP contribution in [0.3, 0.4) is 0 Å². The molecule has 0 radical (unpaired) electrons. The number of hydrogen-bond acceptors (Lipinski definition) is 2. The molecule has 0 bridgehead atoms. The first kappa shape index (κ1) is 33.8. The molecule has 5 heteroatoms. The lowest BCUT2D eigenvalue weighted by Crippen LogP contribution is -3.00. The van der Waals surface area contributed by atoms with E-state index in [1.165, 1.54) is 57.8 Å². The Hall–Kier alpha value is -2.41. The Morgan fingerprint density at radius 1 is 0.800 bits per heavy atom. The average Bonchev–Trinajstić information content (AvgIpc) is 2.96. The van der Waals surface area contributed by atoms with Gasteiger partial charge in [-0.05, 0) is 54.8 Å². The van der Waals surface area contributed by atoms with Crippen LogP contribution in [0.5, 0.6) is 5.75 Å². The fourth-order valence-corrected chi connectivity index (χ4v) is 4.98. The van der Waals surface area contributed by atoms with Crippen molar-refractivity contribution in [3.8, 4) is 5.75 Å². The van der Waals surface area contributed by atoms with Crippen molar-refractivity contribution in [3.63, 3.8) is 0 Å². The summed E-state index contributed by atoms with van der Waals surface area (Å²) in [6.07, 6.45) is 18.2. The summed E-state index contributed by atoms with van der Waals surface area (Å²) in [5.41, 5.74) is 3.85. The van der Waals surface area contributed by atoms with Crippen LogP contribution in [0.4, 0.5) is 5.69 Å². The van der Waals surface area contributed by atoms with E-state index in [-0.39, 0.29) is 29.9 Å². The lowest BCUT2D eigenvalue weighted by molar-refractivity contribution is -0.697. The Labute approximate surface area is 260 Å². The Bertz CT molecular complexity index is 1120. The Morgan fingerprint density at radius 3 is 2.12 bits per heavy atom. The van der Waals surface area contributed by atoms with Gasteiger partial charge in [0.15, 0.2) is 12.4 Å². The third-order valence-corrected chi connectivity index (χ3v) is 7.31. The van der Waals surface area contributed by atoms with Crippen molar-refractivity contribution in [1.82, 2.24) is 0 Å². The molecule has 1 aromatic heterocycles. The number of aromatic nitrogens is 1. The number of anilines is 1. The second-order valence-corrected chi connectivity index (χ2v) is 10.7. The molecule has 2 aromatic carbocycles. The molecule has 0 saturated heterocycles. The second kappa shape index (κ2) is 19.6. The van der Waals surface area contributed by atoms with E-state index >= 15 is 0 Å². The van der Waals surface area contributed by atoms with Crippen molar-refractivity contribution < 1.29 is 38.1 Å². The number of aryl methyl sites for hydroxylation is 2. The number of nitrogens with zero attached hydrogens (tertiary/aromatic N) is 2. The van der Waals surface area contributed by atoms with Gasteiger partial charge in [-0.25, -0.2) is 4.57 Å². The molecule has 3 rings (SSSR count). The standard InChI is InChI=1S/C35H49N2O2.HI/c1-4-6-7-8-9-10-11-12-13-17-26-39-34-23-22-31(30(3)27-34)29-37(33-20-15-14-16-21-33)35(38)32-19-18-25-36(28-32)24-5-2;/h14-16,18-23,25,27-28H,4-13,17,24,26,29H2,1-3H3;1H/q+1;/p-1. The number of para-hydroxylation sites is 1. The summed E-state index contributed by atoms with van der Waals surface area (Å²) < 4.78 is 8.16. The number of halogens is 1. The summed E-state index contributed by atoms with van der Waals surface area (Å²) in [6, 6.07) is 20.1. The molecule has 0 N–H and O–H groups in total. The molecule has 0 spiro atoms. The largest absolute Gasteiger partial charge is 1.00 e. The quantitative estimate of drug-likeness (QED) is 0.0980. The van der Waals surface area contributed by atoms with Gasteiger partial charge in [0.1, 0.15) is 17.9 Å². The van der Waals surface area contributed by atoms with Crippen LogP contribution in [0.25, 0.3) is 0 Å². The topological polar surface area (TPSA) is 33.4 Å². The molecule has 4 nitrogen and oxygen atoms in total. The molecule has 1 heterocycles. The van der Waals surface area contributed by atoms with Crippen LogP contribution in [-0.2, 0) is 13.1 Å². The van der Waals surface area contributed by atoms with Crippen LogP contribution < -0.4 is 38.2 Å². The minimum atomic E-state index is 0. The summed E-state index contributed by atoms with van der Waals surface area (Å²) >= 11 is 0. The van der Waals surface area contributed by atoms with E-state index in [1.807, 2.05) is 65.8 Å². The zero-order valence-corrected chi connectivity index (χ0v) is 27.1. The van der Waals surface area contributed by atoms with E-state index in [0.717, 1.165) is 48.6 Å². The monoisotopic (exact) mass is 656 g/mol. The minimum absolute atomic E-state index is 0. The maximum Gasteiger partial charge on any atom is 0.264 e. The van der Waals surface area contributed by atoms with Gasteiger partial charge in [0, 0.05) is 18.2 Å². The molecule has 0 atom stereocenters. The Kier molecular flexibility index (Phi) is 16.6. The highest BCUT2D eigenvalue weighted by atomic mass is 127. The first-order valence-corrected chi connectivity index (χ1v) is 15.2. The van der Waals surface area contributed by atoms with Crippen molar-refractivity contribution in [2.24, 2.45) is 0 Å². The van der Waals surface area contributed by atoms with Gasteiger partial charge in [-0.1, -0.05) is 95.9 Å². The number of hydrogen-bond donors (Lipinski definition) is 0. The molecule has 40 heavy (non-hydrogen) atoms. The number of pyridine rings is 1. The third kappa shape index (κ3) is 11.6. The van der Waals surface area contributed by atoms with Gasteiger partial charge in [0.25, 0.3) is 5.91 Å². The third-order valence-electron chi connectivity index (χ3n) is 7.31. The number of carbonyl (C=O) groups excluding carboxylic acids is 1. The highest BCUT2D eigenvalue weighted by Gasteiger charge is 2.21. The van der Waals surface area contributed by atoms with Gasteiger partial charge in [-0.3, -0.25) is 4.79 Å². The zero-order valence-electron chi connectivity index (χ0n) is 24.9. The van der Waals surface area contributed by atoms with Gasteiger partial charge in [-0.15, -0.1) is 0 Å². The predicted octanol–water partition coefficient (Wildman–Crippen LogP) is 5.84. The van der Waals surface area contributed by atoms with E-state index in [2.05, 4.69) is 37.5 Å². The molecule has 218 valence electrons. The van der Waals surface area contributed by atoms with E-state index in [4.69, 9.17) is 4.74 Å². The van der Waals surface area contributed by atoms with Gasteiger partial charge < -0.3 is 33.6 Å². The molecule has 3 aromatic rings. The lowest BCUT2D eigenvalue weighted by atomic mass is 10.1. The number of amides is 1. The van der Waals surface area contributed by atoms with Crippen LogP contribution in [-0.4, -0.2) is 12.5 Å². The summed E-state index contributed by atoms with van der Waals surface area (Å²) in [7, 11) is 0. The number of ether oxygens (including phenoxy) is 1. The van der Waals surface area contributed by atoms with E-state index in [9.17, 15) is 4.79 Å². The molecule has 1 amide bonds. The van der Waals surface area contributed by atoms with Gasteiger partial charge in [0.2, 0.25) is 0 Å². The highest BCUT2D eigenvalue weighted by molar-refractivity contribution is 6.05. The summed E-state index contributed by atoms with van der Waals surface area (Å²) in [6.45, 7) is 8.69. The van der Waals surface area contributed by atoms with Crippen LogP contribution in [0.2, 0.25) is 0 Å². The van der Waals surface area contributed by atoms with Crippen molar-refractivity contribution >= 4 is 11.6 Å². The van der Waals surface area contributed by atoms with Crippen molar-refractivity contribution in [2.45, 2.75) is 104 Å². The normalized spacial score (nSPS) is 10.7. The van der Waals surface area contributed by atoms with Gasteiger partial charge in [-0.2, -0.15) is 0 Å². The molecular weight excluding hydrogens is 607 g/mol. The van der Waals surface area contributed by atoms with Crippen molar-refractivity contribution in [3.05, 3.63) is 89.7 Å². The summed E-state index contributed by atoms with van der Waals surface area (Å²) in [5.74, 6) is 0.917. The van der Waals surface area contributed by atoms with E-state index in [1.54, 1.807) is 0 Å². The first-order chi connectivity index (χ1) is 19.1. The second-order valence-electron chi connectivity index (χ2n) is 10.7. The van der Waals surface area contributed by atoms with Crippen LogP contribution in [0, 0.1) is 6.92 Å². The SMILES string of the molecule is CCCCCCCCCCCCOc1ccc(CN(C(=O)c2ccc[n+](CCC)c2)c2ccccc2)c(C)c1.[I-]. The van der Waals surface area contributed by atoms with Gasteiger partial charge >= 0.3 is 0 Å². The number of unbranched alkanes of at least 4 members (excludes halogenated alkanes) is 9. The number of carbonyl (C=O) groups is 1. The molecule has 0 aliphatic heterocycles. The molecule has 0 aliphatic rings. The van der Waals surface area contributed by atoms with E-state index < -0.39 is 0 Å². The molecule has 0 fully saturated rings. The summed E-state index contributed by atoms with van der Waals surface area (Å²) in [4.78, 5) is 15.6.